The van der Waals surface area contributed by atoms with Crippen LogP contribution in [0.5, 0.6) is 0 Å². The lowest BCUT2D eigenvalue weighted by Crippen LogP contribution is -2.57. The number of rotatable bonds is 5. The molecule has 2 bridgehead atoms. The molecule has 0 unspecified atom stereocenters. The van der Waals surface area contributed by atoms with E-state index in [0.717, 1.165) is 4.90 Å². The van der Waals surface area contributed by atoms with Crippen molar-refractivity contribution in [3.05, 3.63) is 135 Å². The zero-order valence-corrected chi connectivity index (χ0v) is 24.0. The van der Waals surface area contributed by atoms with Crippen molar-refractivity contribution in [3.63, 3.8) is 0 Å². The summed E-state index contributed by atoms with van der Waals surface area (Å²) in [6.45, 7) is -0.490. The van der Waals surface area contributed by atoms with Gasteiger partial charge in [0.05, 0.1) is 23.1 Å². The van der Waals surface area contributed by atoms with Crippen LogP contribution in [0.4, 0.5) is 5.69 Å². The summed E-state index contributed by atoms with van der Waals surface area (Å²) in [4.78, 5) is 52.2. The zero-order chi connectivity index (χ0) is 29.4. The number of ether oxygens (including phenoxy) is 1. The Hall–Kier alpha value is -3.97. The van der Waals surface area contributed by atoms with Crippen LogP contribution >= 0.6 is 34.8 Å². The third-order valence-electron chi connectivity index (χ3n) is 8.43. The summed E-state index contributed by atoms with van der Waals surface area (Å²) in [7, 11) is 0. The maximum atomic E-state index is 14.2. The summed E-state index contributed by atoms with van der Waals surface area (Å²) in [5.74, 6) is -4.13. The molecule has 1 fully saturated rings. The number of carbonyl (C=O) groups is 4. The van der Waals surface area contributed by atoms with Crippen LogP contribution in [0.3, 0.4) is 0 Å². The van der Waals surface area contributed by atoms with Crippen molar-refractivity contribution >= 4 is 64.1 Å². The van der Waals surface area contributed by atoms with Gasteiger partial charge in [0.25, 0.3) is 0 Å². The zero-order valence-electron chi connectivity index (χ0n) is 21.7. The Morgan fingerprint density at radius 1 is 0.690 bits per heavy atom. The number of imide groups is 1. The van der Waals surface area contributed by atoms with Crippen LogP contribution in [0, 0.1) is 11.8 Å². The molecule has 9 heteroatoms. The van der Waals surface area contributed by atoms with Gasteiger partial charge in [-0.25, -0.2) is 9.69 Å². The van der Waals surface area contributed by atoms with Crippen molar-refractivity contribution in [1.82, 2.24) is 0 Å². The molecule has 4 aliphatic rings. The summed E-state index contributed by atoms with van der Waals surface area (Å²) < 4.78 is 5.25. The fourth-order valence-electron chi connectivity index (χ4n) is 6.63. The Morgan fingerprint density at radius 3 is 1.69 bits per heavy atom. The lowest BCUT2D eigenvalue weighted by atomic mass is 9.54. The molecule has 0 saturated carbocycles. The second-order valence-corrected chi connectivity index (χ2v) is 12.2. The van der Waals surface area contributed by atoms with Gasteiger partial charge in [0.2, 0.25) is 11.8 Å². The number of anilines is 1. The van der Waals surface area contributed by atoms with Gasteiger partial charge in [-0.1, -0.05) is 66.2 Å². The lowest BCUT2D eigenvalue weighted by molar-refractivity contribution is -0.122. The van der Waals surface area contributed by atoms with E-state index in [4.69, 9.17) is 39.5 Å². The summed E-state index contributed by atoms with van der Waals surface area (Å²) >= 11 is 20.8. The average molecular weight is 617 g/mol. The van der Waals surface area contributed by atoms with E-state index in [0.29, 0.717) is 32.8 Å². The second-order valence-electron chi connectivity index (χ2n) is 10.5. The van der Waals surface area contributed by atoms with E-state index in [1.54, 1.807) is 36.4 Å². The van der Waals surface area contributed by atoms with Crippen LogP contribution in [0.1, 0.15) is 43.0 Å². The van der Waals surface area contributed by atoms with E-state index < -0.39 is 51.8 Å². The highest BCUT2D eigenvalue weighted by atomic mass is 35.5. The van der Waals surface area contributed by atoms with Crippen LogP contribution < -0.4 is 4.90 Å². The van der Waals surface area contributed by atoms with E-state index in [2.05, 4.69) is 0 Å². The Bertz CT molecular complexity index is 1710. The largest absolute Gasteiger partial charge is 0.454 e. The predicted molar refractivity (Wildman–Crippen MR) is 158 cm³/mol. The molecule has 8 rings (SSSR count). The van der Waals surface area contributed by atoms with Crippen molar-refractivity contribution in [2.24, 2.45) is 11.8 Å². The van der Waals surface area contributed by atoms with Gasteiger partial charge in [-0.2, -0.15) is 0 Å². The number of halogens is 3. The fourth-order valence-corrected chi connectivity index (χ4v) is 7.85. The molecule has 1 saturated heterocycles. The molecule has 6 nitrogen and oxygen atoms in total. The van der Waals surface area contributed by atoms with Gasteiger partial charge in [0, 0.05) is 10.6 Å². The molecule has 0 spiro atoms. The van der Waals surface area contributed by atoms with Crippen LogP contribution in [-0.2, 0) is 24.1 Å². The van der Waals surface area contributed by atoms with Crippen molar-refractivity contribution in [2.75, 3.05) is 11.5 Å². The van der Waals surface area contributed by atoms with Crippen molar-refractivity contribution in [2.45, 2.75) is 9.75 Å². The van der Waals surface area contributed by atoms with Gasteiger partial charge >= 0.3 is 5.97 Å². The summed E-state index contributed by atoms with van der Waals surface area (Å²) in [5, 5.41) is 0.479. The number of benzene rings is 4. The second kappa shape index (κ2) is 9.53. The monoisotopic (exact) mass is 615 g/mol. The predicted octanol–water partition coefficient (Wildman–Crippen LogP) is 6.48. The number of esters is 1. The van der Waals surface area contributed by atoms with E-state index >= 15 is 0 Å². The molecule has 0 N–H and O–H groups in total. The SMILES string of the molecule is O=C(COC(=O)c1cccc(N2C(=O)[C@H]3[C@H](C2=O)C2(Cl)c4ccccc4C3(Cl)c3ccccc32)c1)c1ccc(Cl)cc1. The number of hydrogen-bond acceptors (Lipinski definition) is 5. The maximum absolute atomic E-state index is 14.2. The van der Waals surface area contributed by atoms with Crippen LogP contribution in [0.15, 0.2) is 97.1 Å². The smallest absolute Gasteiger partial charge is 0.338 e. The number of Topliss-reactive ketones (excluding diaryl/α,β-unsaturated/α-hetero) is 1. The first kappa shape index (κ1) is 26.9. The third kappa shape index (κ3) is 3.59. The molecule has 3 aliphatic carbocycles. The molecule has 1 aliphatic heterocycles. The van der Waals surface area contributed by atoms with Crippen LogP contribution in [0.2, 0.25) is 5.02 Å². The normalized spacial score (nSPS) is 25.1. The number of alkyl halides is 2. The molecule has 0 radical (unpaired) electrons. The Balaban J connectivity index is 1.22. The molecular formula is C33H20Cl3NO5. The highest BCUT2D eigenvalue weighted by molar-refractivity contribution is 6.38. The number of ketones is 1. The number of nitrogens with zero attached hydrogens (tertiary/aromatic N) is 1. The highest BCUT2D eigenvalue weighted by Crippen LogP contribution is 2.69. The van der Waals surface area contributed by atoms with E-state index in [1.807, 2.05) is 48.5 Å². The van der Waals surface area contributed by atoms with Crippen molar-refractivity contribution < 1.29 is 23.9 Å². The van der Waals surface area contributed by atoms with E-state index in [1.165, 1.54) is 12.1 Å². The molecular weight excluding hydrogens is 597 g/mol. The first-order valence-corrected chi connectivity index (χ1v) is 14.3. The summed E-state index contributed by atoms with van der Waals surface area (Å²) in [5.41, 5.74) is 3.41. The number of hydrogen-bond donors (Lipinski definition) is 0. The highest BCUT2D eigenvalue weighted by Gasteiger charge is 2.73. The van der Waals surface area contributed by atoms with E-state index in [9.17, 15) is 19.2 Å². The first-order chi connectivity index (χ1) is 20.2. The van der Waals surface area contributed by atoms with Gasteiger partial charge in [0.15, 0.2) is 12.4 Å². The van der Waals surface area contributed by atoms with Gasteiger partial charge < -0.3 is 4.74 Å². The minimum Gasteiger partial charge on any atom is -0.454 e. The van der Waals surface area contributed by atoms with Crippen LogP contribution in [-0.4, -0.2) is 30.2 Å². The Kier molecular flexibility index (Phi) is 6.10. The fraction of sp³-hybridized carbons (Fsp3) is 0.152. The van der Waals surface area contributed by atoms with Gasteiger partial charge in [-0.15, -0.1) is 23.2 Å². The van der Waals surface area contributed by atoms with Crippen LogP contribution in [0.25, 0.3) is 0 Å². The molecule has 2 atom stereocenters. The Labute approximate surface area is 255 Å². The van der Waals surface area contributed by atoms with Crippen molar-refractivity contribution in [3.8, 4) is 0 Å². The van der Waals surface area contributed by atoms with Gasteiger partial charge in [0.1, 0.15) is 9.75 Å². The van der Waals surface area contributed by atoms with Gasteiger partial charge in [-0.05, 0) is 64.7 Å². The minimum absolute atomic E-state index is 0.0718. The minimum atomic E-state index is -1.31. The third-order valence-corrected chi connectivity index (χ3v) is 9.96. The summed E-state index contributed by atoms with van der Waals surface area (Å²) in [6.07, 6.45) is 0. The Morgan fingerprint density at radius 2 is 1.19 bits per heavy atom. The quantitative estimate of drug-likeness (QED) is 0.111. The maximum Gasteiger partial charge on any atom is 0.338 e. The van der Waals surface area contributed by atoms with E-state index in [-0.39, 0.29) is 11.3 Å². The number of amides is 2. The molecule has 4 aromatic rings. The average Bonchev–Trinajstić information content (AvgIpc) is 3.29. The molecule has 2 amide bonds. The molecule has 208 valence electrons. The summed E-state index contributed by atoms with van der Waals surface area (Å²) in [6, 6.07) is 27.0. The molecule has 4 aromatic carbocycles. The van der Waals surface area contributed by atoms with Gasteiger partial charge in [-0.3, -0.25) is 14.4 Å². The lowest BCUT2D eigenvalue weighted by Gasteiger charge is -2.54. The van der Waals surface area contributed by atoms with Crippen molar-refractivity contribution in [1.29, 1.82) is 0 Å². The standard InChI is InChI=1S/C33H20Cl3NO5/c34-20-14-12-18(13-15-20)26(38)17-42-31(41)19-6-5-7-21(16-19)37-29(39)27-28(30(37)40)33(36)23-9-2-1-8-22(23)32(27,35)24-10-3-4-11-25(24)33/h1-16,27-28H,17H2/t27-,28-,32?,33?/m1/s1. The molecule has 1 heterocycles. The first-order valence-electron chi connectivity index (χ1n) is 13.2. The number of carbonyl (C=O) groups excluding carboxylic acids is 4. The topological polar surface area (TPSA) is 80.8 Å². The molecule has 42 heavy (non-hydrogen) atoms. The molecule has 0 aromatic heterocycles.